The molecule has 1 aromatic rings. The van der Waals surface area contributed by atoms with Gasteiger partial charge < -0.3 is 14.5 Å². The van der Waals surface area contributed by atoms with Gasteiger partial charge in [-0.3, -0.25) is 4.79 Å². The average Bonchev–Trinajstić information content (AvgIpc) is 3.50. The Balaban J connectivity index is 1.65. The van der Waals surface area contributed by atoms with Gasteiger partial charge in [0.05, 0.1) is 17.6 Å². The summed E-state index contributed by atoms with van der Waals surface area (Å²) in [5.74, 6) is -0.0552. The first-order valence-corrected chi connectivity index (χ1v) is 10.0. The quantitative estimate of drug-likeness (QED) is 0.795. The first kappa shape index (κ1) is 20.2. The molecule has 1 aromatic carbocycles. The zero-order valence-corrected chi connectivity index (χ0v) is 17.0. The van der Waals surface area contributed by atoms with Crippen molar-refractivity contribution in [2.75, 3.05) is 13.1 Å². The largest absolute Gasteiger partial charge is 0.444 e. The third-order valence-corrected chi connectivity index (χ3v) is 5.13. The van der Waals surface area contributed by atoms with Crippen molar-refractivity contribution in [3.63, 3.8) is 0 Å². The molecule has 2 aliphatic rings. The van der Waals surface area contributed by atoms with Gasteiger partial charge in [0.2, 0.25) is 5.91 Å². The van der Waals surface area contributed by atoms with E-state index in [0.717, 1.165) is 31.2 Å². The predicted molar refractivity (Wildman–Crippen MR) is 105 cm³/mol. The molecule has 1 atom stereocenters. The summed E-state index contributed by atoms with van der Waals surface area (Å²) in [7, 11) is 0. The number of piperidine rings is 1. The van der Waals surface area contributed by atoms with E-state index in [4.69, 9.17) is 10.00 Å². The van der Waals surface area contributed by atoms with Crippen LogP contribution in [0.4, 0.5) is 4.79 Å². The van der Waals surface area contributed by atoms with Crippen molar-refractivity contribution in [1.82, 2.24) is 9.80 Å². The molecule has 0 bridgehead atoms. The zero-order valence-electron chi connectivity index (χ0n) is 17.0. The lowest BCUT2D eigenvalue weighted by Crippen LogP contribution is -2.48. The van der Waals surface area contributed by atoms with E-state index in [1.807, 2.05) is 37.8 Å². The fourth-order valence-corrected chi connectivity index (χ4v) is 3.56. The number of benzene rings is 1. The van der Waals surface area contributed by atoms with Crippen LogP contribution in [-0.4, -0.2) is 46.5 Å². The molecule has 1 saturated carbocycles. The van der Waals surface area contributed by atoms with Crippen LogP contribution in [0.1, 0.15) is 57.6 Å². The van der Waals surface area contributed by atoms with Crippen LogP contribution in [-0.2, 0) is 16.1 Å². The van der Waals surface area contributed by atoms with E-state index in [1.165, 1.54) is 0 Å². The summed E-state index contributed by atoms with van der Waals surface area (Å²) < 4.78 is 5.48. The highest BCUT2D eigenvalue weighted by Gasteiger charge is 2.38. The number of carbonyl (C=O) groups excluding carboxylic acids is 2. The Morgan fingerprint density at radius 2 is 1.89 bits per heavy atom. The highest BCUT2D eigenvalue weighted by Crippen LogP contribution is 2.31. The van der Waals surface area contributed by atoms with Crippen LogP contribution in [0.25, 0.3) is 0 Å². The molecular weight excluding hydrogens is 354 g/mol. The second-order valence-electron chi connectivity index (χ2n) is 8.77. The minimum atomic E-state index is -0.538. The number of hydrogen-bond acceptors (Lipinski definition) is 4. The minimum absolute atomic E-state index is 0.125. The molecule has 2 fully saturated rings. The van der Waals surface area contributed by atoms with E-state index in [1.54, 1.807) is 17.0 Å². The van der Waals surface area contributed by atoms with Gasteiger partial charge in [0, 0.05) is 25.7 Å². The average molecular weight is 383 g/mol. The molecule has 0 spiro atoms. The molecule has 3 rings (SSSR count). The third kappa shape index (κ3) is 5.25. The standard InChI is InChI=1S/C22H29N3O3/c1-22(2,3)28-21(27)24-12-4-5-18(15-24)20(26)25(19-10-11-19)14-17-8-6-16(13-23)7-9-17/h6-9,18-19H,4-5,10-12,14-15H2,1-3H3. The number of ether oxygens (including phenoxy) is 1. The Labute approximate surface area is 167 Å². The van der Waals surface area contributed by atoms with Gasteiger partial charge in [-0.1, -0.05) is 12.1 Å². The second-order valence-corrected chi connectivity index (χ2v) is 8.77. The van der Waals surface area contributed by atoms with E-state index < -0.39 is 5.60 Å². The van der Waals surface area contributed by atoms with Crippen molar-refractivity contribution in [3.8, 4) is 6.07 Å². The molecule has 1 saturated heterocycles. The van der Waals surface area contributed by atoms with Gasteiger partial charge in [-0.15, -0.1) is 0 Å². The molecule has 0 radical (unpaired) electrons. The van der Waals surface area contributed by atoms with Crippen molar-refractivity contribution < 1.29 is 14.3 Å². The van der Waals surface area contributed by atoms with E-state index in [9.17, 15) is 9.59 Å². The molecule has 150 valence electrons. The molecular formula is C22H29N3O3. The van der Waals surface area contributed by atoms with Crippen molar-refractivity contribution in [3.05, 3.63) is 35.4 Å². The minimum Gasteiger partial charge on any atom is -0.444 e. The van der Waals surface area contributed by atoms with Crippen molar-refractivity contribution in [1.29, 1.82) is 5.26 Å². The lowest BCUT2D eigenvalue weighted by molar-refractivity contribution is -0.138. The van der Waals surface area contributed by atoms with E-state index in [2.05, 4.69) is 6.07 Å². The van der Waals surface area contributed by atoms with Gasteiger partial charge in [0.15, 0.2) is 0 Å². The SMILES string of the molecule is CC(C)(C)OC(=O)N1CCCC(C(=O)N(Cc2ccc(C#N)cc2)C2CC2)C1. The Morgan fingerprint density at radius 3 is 2.46 bits per heavy atom. The summed E-state index contributed by atoms with van der Waals surface area (Å²) in [6.45, 7) is 7.16. The molecule has 6 nitrogen and oxygen atoms in total. The monoisotopic (exact) mass is 383 g/mol. The van der Waals surface area contributed by atoms with Crippen LogP contribution in [0, 0.1) is 17.2 Å². The zero-order chi connectivity index (χ0) is 20.3. The van der Waals surface area contributed by atoms with Gasteiger partial charge in [0.25, 0.3) is 0 Å². The summed E-state index contributed by atoms with van der Waals surface area (Å²) >= 11 is 0. The van der Waals surface area contributed by atoms with Crippen molar-refractivity contribution in [2.45, 2.75) is 64.6 Å². The Hall–Kier alpha value is -2.55. The second kappa shape index (κ2) is 8.22. The van der Waals surface area contributed by atoms with E-state index in [0.29, 0.717) is 31.2 Å². The van der Waals surface area contributed by atoms with E-state index >= 15 is 0 Å². The summed E-state index contributed by atoms with van der Waals surface area (Å²) in [4.78, 5) is 29.3. The fourth-order valence-electron chi connectivity index (χ4n) is 3.56. The van der Waals surface area contributed by atoms with Crippen molar-refractivity contribution >= 4 is 12.0 Å². The summed E-state index contributed by atoms with van der Waals surface area (Å²) in [6.07, 6.45) is 3.34. The number of likely N-dealkylation sites (tertiary alicyclic amines) is 1. The van der Waals surface area contributed by atoms with Gasteiger partial charge in [0.1, 0.15) is 5.60 Å². The lowest BCUT2D eigenvalue weighted by atomic mass is 9.96. The highest BCUT2D eigenvalue weighted by molar-refractivity contribution is 5.81. The first-order chi connectivity index (χ1) is 13.3. The molecule has 28 heavy (non-hydrogen) atoms. The lowest BCUT2D eigenvalue weighted by Gasteiger charge is -2.36. The van der Waals surface area contributed by atoms with Crippen LogP contribution >= 0.6 is 0 Å². The first-order valence-electron chi connectivity index (χ1n) is 10.0. The maximum absolute atomic E-state index is 13.3. The predicted octanol–water partition coefficient (Wildman–Crippen LogP) is 3.70. The van der Waals surface area contributed by atoms with E-state index in [-0.39, 0.29) is 17.9 Å². The Bertz CT molecular complexity index is 757. The number of hydrogen-bond donors (Lipinski definition) is 0. The third-order valence-electron chi connectivity index (χ3n) is 5.13. The molecule has 2 amide bonds. The Morgan fingerprint density at radius 1 is 1.21 bits per heavy atom. The molecule has 1 aliphatic heterocycles. The smallest absolute Gasteiger partial charge is 0.410 e. The number of nitriles is 1. The van der Waals surface area contributed by atoms with Gasteiger partial charge in [-0.2, -0.15) is 5.26 Å². The van der Waals surface area contributed by atoms with Crippen LogP contribution in [0.3, 0.4) is 0 Å². The van der Waals surface area contributed by atoms with Gasteiger partial charge >= 0.3 is 6.09 Å². The summed E-state index contributed by atoms with van der Waals surface area (Å²) in [5, 5.41) is 8.95. The maximum Gasteiger partial charge on any atom is 0.410 e. The molecule has 1 aliphatic carbocycles. The van der Waals surface area contributed by atoms with Crippen LogP contribution in [0.2, 0.25) is 0 Å². The van der Waals surface area contributed by atoms with Crippen molar-refractivity contribution in [2.24, 2.45) is 5.92 Å². The maximum atomic E-state index is 13.3. The van der Waals surface area contributed by atoms with Crippen LogP contribution < -0.4 is 0 Å². The van der Waals surface area contributed by atoms with Crippen LogP contribution in [0.15, 0.2) is 24.3 Å². The molecule has 1 heterocycles. The van der Waals surface area contributed by atoms with Gasteiger partial charge in [-0.05, 0) is 64.2 Å². The Kier molecular flexibility index (Phi) is 5.93. The topological polar surface area (TPSA) is 73.6 Å². The van der Waals surface area contributed by atoms with Gasteiger partial charge in [-0.25, -0.2) is 4.79 Å². The highest BCUT2D eigenvalue weighted by atomic mass is 16.6. The summed E-state index contributed by atoms with van der Waals surface area (Å²) in [5.41, 5.74) is 1.11. The summed E-state index contributed by atoms with van der Waals surface area (Å²) in [6, 6.07) is 9.81. The number of nitrogens with zero attached hydrogens (tertiary/aromatic N) is 3. The number of rotatable bonds is 4. The normalized spacial score (nSPS) is 19.6. The number of amides is 2. The molecule has 1 unspecified atom stereocenters. The molecule has 6 heteroatoms. The molecule has 0 aromatic heterocycles. The van der Waals surface area contributed by atoms with Crippen LogP contribution in [0.5, 0.6) is 0 Å². The number of carbonyl (C=O) groups is 2. The fraction of sp³-hybridized carbons (Fsp3) is 0.591. The molecule has 0 N–H and O–H groups in total.